The molecule has 1 aromatic carbocycles. The Morgan fingerprint density at radius 3 is 2.67 bits per heavy atom. The molecule has 0 heterocycles. The maximum absolute atomic E-state index is 13.2. The zero-order valence-electron chi connectivity index (χ0n) is 11.6. The van der Waals surface area contributed by atoms with Crippen molar-refractivity contribution in [1.82, 2.24) is 5.32 Å². The molecule has 0 bridgehead atoms. The highest BCUT2D eigenvalue weighted by molar-refractivity contribution is 5.34. The molecule has 0 aliphatic rings. The summed E-state index contributed by atoms with van der Waals surface area (Å²) in [5, 5.41) is 3.47. The van der Waals surface area contributed by atoms with E-state index in [-0.39, 0.29) is 5.82 Å². The average Bonchev–Trinajstić information content (AvgIpc) is 2.36. The molecule has 1 rings (SSSR count). The molecule has 18 heavy (non-hydrogen) atoms. The molecule has 0 radical (unpaired) electrons. The molecule has 0 aliphatic carbocycles. The highest BCUT2D eigenvalue weighted by Gasteiger charge is 2.09. The van der Waals surface area contributed by atoms with Gasteiger partial charge < -0.3 is 10.1 Å². The molecule has 0 saturated carbocycles. The monoisotopic (exact) mass is 253 g/mol. The van der Waals surface area contributed by atoms with Gasteiger partial charge in [0.25, 0.3) is 0 Å². The van der Waals surface area contributed by atoms with Crippen molar-refractivity contribution >= 4 is 0 Å². The lowest BCUT2D eigenvalue weighted by molar-refractivity contribution is 0.403. The predicted molar refractivity (Wildman–Crippen MR) is 73.6 cm³/mol. The van der Waals surface area contributed by atoms with E-state index in [2.05, 4.69) is 19.2 Å². The van der Waals surface area contributed by atoms with E-state index in [1.165, 1.54) is 6.07 Å². The number of methoxy groups -OCH3 is 1. The largest absolute Gasteiger partial charge is 0.496 e. The molecule has 3 heteroatoms. The summed E-state index contributed by atoms with van der Waals surface area (Å²) >= 11 is 0. The van der Waals surface area contributed by atoms with Crippen molar-refractivity contribution in [2.45, 2.75) is 45.6 Å². The van der Waals surface area contributed by atoms with E-state index in [1.807, 2.05) is 0 Å². The highest BCUT2D eigenvalue weighted by atomic mass is 19.1. The molecule has 0 aromatic heterocycles. The van der Waals surface area contributed by atoms with Gasteiger partial charge in [-0.05, 0) is 49.6 Å². The summed E-state index contributed by atoms with van der Waals surface area (Å²) in [5.74, 6) is 0.587. The topological polar surface area (TPSA) is 21.3 Å². The first kappa shape index (κ1) is 15.0. The first-order valence-corrected chi connectivity index (χ1v) is 6.77. The van der Waals surface area contributed by atoms with Crippen LogP contribution in [0.3, 0.4) is 0 Å². The molecule has 0 aliphatic heterocycles. The van der Waals surface area contributed by atoms with Crippen molar-refractivity contribution in [3.8, 4) is 5.75 Å². The summed E-state index contributed by atoms with van der Waals surface area (Å²) in [7, 11) is 1.63. The van der Waals surface area contributed by atoms with Crippen LogP contribution in [0.2, 0.25) is 0 Å². The van der Waals surface area contributed by atoms with Crippen LogP contribution in [0.1, 0.15) is 38.7 Å². The summed E-state index contributed by atoms with van der Waals surface area (Å²) in [4.78, 5) is 0. The van der Waals surface area contributed by atoms with Crippen LogP contribution in [0.5, 0.6) is 5.75 Å². The minimum Gasteiger partial charge on any atom is -0.496 e. The molecule has 102 valence electrons. The molecule has 0 saturated heterocycles. The van der Waals surface area contributed by atoms with Crippen molar-refractivity contribution < 1.29 is 9.13 Å². The first-order valence-electron chi connectivity index (χ1n) is 6.77. The van der Waals surface area contributed by atoms with Gasteiger partial charge in [-0.3, -0.25) is 0 Å². The Labute approximate surface area is 110 Å². The van der Waals surface area contributed by atoms with Crippen molar-refractivity contribution in [2.75, 3.05) is 13.7 Å². The standard InChI is InChI=1S/C15H24FNO/c1-4-6-14(17-5-2)9-7-12-11-13(16)8-10-15(12)18-3/h8,10-11,14,17H,4-7,9H2,1-3H3. The third-order valence-electron chi connectivity index (χ3n) is 3.13. The van der Waals surface area contributed by atoms with Gasteiger partial charge in [0.2, 0.25) is 0 Å². The van der Waals surface area contributed by atoms with Crippen LogP contribution >= 0.6 is 0 Å². The van der Waals surface area contributed by atoms with Crippen LogP contribution in [0.25, 0.3) is 0 Å². The number of rotatable bonds is 8. The lowest BCUT2D eigenvalue weighted by Crippen LogP contribution is -2.29. The third-order valence-corrected chi connectivity index (χ3v) is 3.13. The SMILES string of the molecule is CCCC(CCc1cc(F)ccc1OC)NCC. The average molecular weight is 253 g/mol. The van der Waals surface area contributed by atoms with Crippen LogP contribution in [-0.4, -0.2) is 19.7 Å². The first-order chi connectivity index (χ1) is 8.71. The molecular weight excluding hydrogens is 229 g/mol. The fraction of sp³-hybridized carbons (Fsp3) is 0.600. The van der Waals surface area contributed by atoms with Gasteiger partial charge in [-0.1, -0.05) is 20.3 Å². The van der Waals surface area contributed by atoms with Gasteiger partial charge in [0, 0.05) is 6.04 Å². The van der Waals surface area contributed by atoms with Crippen molar-refractivity contribution in [3.63, 3.8) is 0 Å². The molecule has 1 atom stereocenters. The highest BCUT2D eigenvalue weighted by Crippen LogP contribution is 2.21. The number of hydrogen-bond donors (Lipinski definition) is 1. The van der Waals surface area contributed by atoms with Gasteiger partial charge in [0.05, 0.1) is 7.11 Å². The minimum atomic E-state index is -0.193. The fourth-order valence-corrected chi connectivity index (χ4v) is 2.26. The molecular formula is C15H24FNO. The Morgan fingerprint density at radius 1 is 1.28 bits per heavy atom. The fourth-order valence-electron chi connectivity index (χ4n) is 2.26. The smallest absolute Gasteiger partial charge is 0.123 e. The maximum Gasteiger partial charge on any atom is 0.123 e. The molecule has 0 amide bonds. The third kappa shape index (κ3) is 4.65. The minimum absolute atomic E-state index is 0.193. The lowest BCUT2D eigenvalue weighted by Gasteiger charge is -2.17. The van der Waals surface area contributed by atoms with Gasteiger partial charge in [0.1, 0.15) is 11.6 Å². The predicted octanol–water partition coefficient (Wildman–Crippen LogP) is 3.55. The summed E-state index contributed by atoms with van der Waals surface area (Å²) in [5.41, 5.74) is 0.955. The zero-order valence-corrected chi connectivity index (χ0v) is 11.6. The Hall–Kier alpha value is -1.09. The zero-order chi connectivity index (χ0) is 13.4. The molecule has 1 N–H and O–H groups in total. The number of hydrogen-bond acceptors (Lipinski definition) is 2. The van der Waals surface area contributed by atoms with Gasteiger partial charge in [-0.2, -0.15) is 0 Å². The molecule has 0 spiro atoms. The van der Waals surface area contributed by atoms with Crippen LogP contribution in [0.4, 0.5) is 4.39 Å². The summed E-state index contributed by atoms with van der Waals surface area (Å²) < 4.78 is 18.5. The van der Waals surface area contributed by atoms with Gasteiger partial charge in [-0.25, -0.2) is 4.39 Å². The van der Waals surface area contributed by atoms with E-state index in [1.54, 1.807) is 19.2 Å². The Balaban J connectivity index is 2.62. The van der Waals surface area contributed by atoms with Crippen LogP contribution in [-0.2, 0) is 6.42 Å². The Kier molecular flexibility index (Phi) is 6.73. The summed E-state index contributed by atoms with van der Waals surface area (Å²) in [6.07, 6.45) is 4.18. The second-order valence-electron chi connectivity index (χ2n) is 4.54. The van der Waals surface area contributed by atoms with Crippen LogP contribution in [0, 0.1) is 5.82 Å². The Morgan fingerprint density at radius 2 is 2.06 bits per heavy atom. The normalized spacial score (nSPS) is 12.4. The van der Waals surface area contributed by atoms with Crippen LogP contribution in [0.15, 0.2) is 18.2 Å². The molecule has 0 fully saturated rings. The number of benzene rings is 1. The van der Waals surface area contributed by atoms with E-state index >= 15 is 0 Å². The quantitative estimate of drug-likeness (QED) is 0.765. The van der Waals surface area contributed by atoms with Gasteiger partial charge >= 0.3 is 0 Å². The maximum atomic E-state index is 13.2. The molecule has 1 aromatic rings. The van der Waals surface area contributed by atoms with E-state index in [9.17, 15) is 4.39 Å². The second kappa shape index (κ2) is 8.09. The summed E-state index contributed by atoms with van der Waals surface area (Å²) in [6.45, 7) is 5.28. The van der Waals surface area contributed by atoms with Crippen molar-refractivity contribution in [3.05, 3.63) is 29.6 Å². The van der Waals surface area contributed by atoms with Crippen molar-refractivity contribution in [2.24, 2.45) is 0 Å². The number of nitrogens with one attached hydrogen (secondary N) is 1. The van der Waals surface area contributed by atoms with E-state index in [4.69, 9.17) is 4.74 Å². The van der Waals surface area contributed by atoms with Gasteiger partial charge in [-0.15, -0.1) is 0 Å². The van der Waals surface area contributed by atoms with Crippen molar-refractivity contribution in [1.29, 1.82) is 0 Å². The van der Waals surface area contributed by atoms with Crippen LogP contribution < -0.4 is 10.1 Å². The van der Waals surface area contributed by atoms with E-state index in [0.29, 0.717) is 6.04 Å². The molecule has 1 unspecified atom stereocenters. The van der Waals surface area contributed by atoms with E-state index in [0.717, 1.165) is 43.5 Å². The number of aryl methyl sites for hydroxylation is 1. The van der Waals surface area contributed by atoms with E-state index < -0.39 is 0 Å². The second-order valence-corrected chi connectivity index (χ2v) is 4.54. The summed E-state index contributed by atoms with van der Waals surface area (Å²) in [6, 6.07) is 5.23. The number of ether oxygens (including phenoxy) is 1. The van der Waals surface area contributed by atoms with Gasteiger partial charge in [0.15, 0.2) is 0 Å². The number of halogens is 1. The lowest BCUT2D eigenvalue weighted by atomic mass is 10.0. The Bertz CT molecular complexity index is 348. The molecule has 2 nitrogen and oxygen atoms in total.